The van der Waals surface area contributed by atoms with Crippen molar-refractivity contribution in [2.45, 2.75) is 40.0 Å². The Morgan fingerprint density at radius 2 is 2.00 bits per heavy atom. The van der Waals surface area contributed by atoms with Gasteiger partial charge in [0, 0.05) is 5.69 Å². The highest BCUT2D eigenvalue weighted by molar-refractivity contribution is 7.71. The van der Waals surface area contributed by atoms with Gasteiger partial charge in [-0.15, -0.1) is 0 Å². The molecule has 1 aromatic heterocycles. The van der Waals surface area contributed by atoms with E-state index in [0.717, 1.165) is 6.42 Å². The molecule has 0 aromatic carbocycles. The van der Waals surface area contributed by atoms with Gasteiger partial charge < -0.3 is 4.98 Å². The van der Waals surface area contributed by atoms with E-state index in [9.17, 15) is 0 Å². The summed E-state index contributed by atoms with van der Waals surface area (Å²) in [5.74, 6) is 0.990. The maximum Gasteiger partial charge on any atom is 0.121 e. The lowest BCUT2D eigenvalue weighted by Crippen LogP contribution is -2.05. The van der Waals surface area contributed by atoms with Crippen LogP contribution >= 0.6 is 12.2 Å². The molecule has 0 unspecified atom stereocenters. The average molecular weight is 234 g/mol. The molecule has 0 saturated carbocycles. The number of nitrogens with one attached hydrogen (secondary N) is 1. The van der Waals surface area contributed by atoms with Crippen LogP contribution in [0.15, 0.2) is 6.07 Å². The van der Waals surface area contributed by atoms with Crippen molar-refractivity contribution < 1.29 is 0 Å². The van der Waals surface area contributed by atoms with E-state index in [2.05, 4.69) is 38.7 Å². The van der Waals surface area contributed by atoms with E-state index in [4.69, 9.17) is 17.5 Å². The van der Waals surface area contributed by atoms with Crippen LogP contribution in [-0.4, -0.2) is 4.98 Å². The summed E-state index contributed by atoms with van der Waals surface area (Å²) in [5, 5.41) is 8.96. The van der Waals surface area contributed by atoms with Gasteiger partial charge in [0.15, 0.2) is 0 Å². The monoisotopic (exact) mass is 234 g/mol. The third-order valence-electron chi connectivity index (χ3n) is 2.51. The molecule has 0 amide bonds. The standard InChI is InChI=1S/C13H18N2S/c1-8(2)5-12-11(9(3)4)6-10(7-14)13(16)15-12/h6,8-9H,5H2,1-4H3,(H,15,16). The summed E-state index contributed by atoms with van der Waals surface area (Å²) in [6.07, 6.45) is 0.975. The van der Waals surface area contributed by atoms with Crippen molar-refractivity contribution in [3.05, 3.63) is 27.5 Å². The van der Waals surface area contributed by atoms with Crippen molar-refractivity contribution in [2.75, 3.05) is 0 Å². The number of hydrogen-bond donors (Lipinski definition) is 1. The molecule has 0 spiro atoms. The van der Waals surface area contributed by atoms with Crippen molar-refractivity contribution in [3.63, 3.8) is 0 Å². The summed E-state index contributed by atoms with van der Waals surface area (Å²) in [7, 11) is 0. The Bertz CT molecular complexity index is 464. The molecular formula is C13H18N2S. The lowest BCUT2D eigenvalue weighted by molar-refractivity contribution is 0.624. The third kappa shape index (κ3) is 2.93. The molecule has 0 aliphatic rings. The van der Waals surface area contributed by atoms with Crippen LogP contribution in [-0.2, 0) is 6.42 Å². The van der Waals surface area contributed by atoms with Crippen molar-refractivity contribution in [1.82, 2.24) is 4.98 Å². The Hall–Kier alpha value is -1.14. The first kappa shape index (κ1) is 12.9. The van der Waals surface area contributed by atoms with Gasteiger partial charge in [-0.3, -0.25) is 0 Å². The van der Waals surface area contributed by atoms with Crippen molar-refractivity contribution in [2.24, 2.45) is 5.92 Å². The van der Waals surface area contributed by atoms with Gasteiger partial charge in [0.05, 0.1) is 5.56 Å². The lowest BCUT2D eigenvalue weighted by atomic mass is 9.95. The van der Waals surface area contributed by atoms with Crippen LogP contribution in [0.5, 0.6) is 0 Å². The van der Waals surface area contributed by atoms with Crippen LogP contribution in [0.1, 0.15) is 50.4 Å². The average Bonchev–Trinajstić information content (AvgIpc) is 2.16. The second-order valence-corrected chi connectivity index (χ2v) is 5.22. The van der Waals surface area contributed by atoms with E-state index in [0.29, 0.717) is 22.0 Å². The highest BCUT2D eigenvalue weighted by atomic mass is 32.1. The molecule has 0 aliphatic carbocycles. The first-order chi connectivity index (χ1) is 7.45. The molecule has 2 nitrogen and oxygen atoms in total. The Kier molecular flexibility index (Phi) is 4.26. The Balaban J connectivity index is 3.32. The predicted octanol–water partition coefficient (Wildman–Crippen LogP) is 3.94. The number of aromatic amines is 1. The number of aromatic nitrogens is 1. The minimum atomic E-state index is 0.410. The topological polar surface area (TPSA) is 39.6 Å². The SMILES string of the molecule is CC(C)Cc1[nH]c(=S)c(C#N)cc1C(C)C. The first-order valence-corrected chi connectivity index (χ1v) is 6.02. The number of hydrogen-bond acceptors (Lipinski definition) is 2. The maximum absolute atomic E-state index is 8.96. The van der Waals surface area contributed by atoms with Gasteiger partial charge in [0.25, 0.3) is 0 Å². The van der Waals surface area contributed by atoms with Crippen LogP contribution in [0.3, 0.4) is 0 Å². The zero-order valence-electron chi connectivity index (χ0n) is 10.3. The Morgan fingerprint density at radius 1 is 1.38 bits per heavy atom. The molecule has 0 bridgehead atoms. The van der Waals surface area contributed by atoms with E-state index in [1.54, 1.807) is 0 Å². The summed E-state index contributed by atoms with van der Waals surface area (Å²) in [6.45, 7) is 8.63. The van der Waals surface area contributed by atoms with Gasteiger partial charge >= 0.3 is 0 Å². The van der Waals surface area contributed by atoms with Crippen LogP contribution in [0, 0.1) is 21.9 Å². The van der Waals surface area contributed by atoms with Gasteiger partial charge in [-0.05, 0) is 29.9 Å². The molecule has 1 rings (SSSR count). The molecule has 0 aliphatic heterocycles. The zero-order chi connectivity index (χ0) is 12.3. The summed E-state index contributed by atoms with van der Waals surface area (Å²) in [4.78, 5) is 3.20. The molecule has 3 heteroatoms. The van der Waals surface area contributed by atoms with Gasteiger partial charge in [-0.25, -0.2) is 0 Å². The second-order valence-electron chi connectivity index (χ2n) is 4.81. The molecule has 0 atom stereocenters. The molecule has 1 N–H and O–H groups in total. The molecule has 0 saturated heterocycles. The summed E-state index contributed by atoms with van der Waals surface area (Å²) in [5.41, 5.74) is 2.96. The summed E-state index contributed by atoms with van der Waals surface area (Å²) >= 11 is 5.16. The van der Waals surface area contributed by atoms with E-state index in [-0.39, 0.29) is 0 Å². The fourth-order valence-electron chi connectivity index (χ4n) is 1.76. The highest BCUT2D eigenvalue weighted by Gasteiger charge is 2.11. The Labute approximate surface area is 102 Å². The van der Waals surface area contributed by atoms with Gasteiger partial charge in [-0.2, -0.15) is 5.26 Å². The third-order valence-corrected chi connectivity index (χ3v) is 2.83. The number of rotatable bonds is 3. The van der Waals surface area contributed by atoms with Crippen LogP contribution in [0.25, 0.3) is 0 Å². The van der Waals surface area contributed by atoms with Crippen molar-refractivity contribution >= 4 is 12.2 Å². The van der Waals surface area contributed by atoms with Gasteiger partial charge in [0.1, 0.15) is 10.7 Å². The smallest absolute Gasteiger partial charge is 0.121 e. The normalized spacial score (nSPS) is 10.8. The van der Waals surface area contributed by atoms with Crippen LogP contribution < -0.4 is 0 Å². The first-order valence-electron chi connectivity index (χ1n) is 5.61. The minimum absolute atomic E-state index is 0.410. The Morgan fingerprint density at radius 3 is 2.44 bits per heavy atom. The molecular weight excluding hydrogens is 216 g/mol. The molecule has 0 fully saturated rings. The quantitative estimate of drug-likeness (QED) is 0.805. The van der Waals surface area contributed by atoms with E-state index >= 15 is 0 Å². The van der Waals surface area contributed by atoms with Crippen LogP contribution in [0.2, 0.25) is 0 Å². The minimum Gasteiger partial charge on any atom is -0.349 e. The largest absolute Gasteiger partial charge is 0.349 e. The van der Waals surface area contributed by atoms with Crippen molar-refractivity contribution in [3.8, 4) is 6.07 Å². The molecule has 16 heavy (non-hydrogen) atoms. The van der Waals surface area contributed by atoms with Gasteiger partial charge in [0.2, 0.25) is 0 Å². The highest BCUT2D eigenvalue weighted by Crippen LogP contribution is 2.22. The maximum atomic E-state index is 8.96. The zero-order valence-corrected chi connectivity index (χ0v) is 11.1. The number of nitriles is 1. The molecule has 0 radical (unpaired) electrons. The second kappa shape index (κ2) is 5.27. The van der Waals surface area contributed by atoms with E-state index in [1.807, 2.05) is 6.07 Å². The number of pyridine rings is 1. The molecule has 86 valence electrons. The summed E-state index contributed by atoms with van der Waals surface area (Å²) in [6, 6.07) is 4.07. The lowest BCUT2D eigenvalue weighted by Gasteiger charge is -2.15. The van der Waals surface area contributed by atoms with E-state index in [1.165, 1.54) is 11.3 Å². The van der Waals surface area contributed by atoms with Crippen LogP contribution in [0.4, 0.5) is 0 Å². The molecule has 1 aromatic rings. The predicted molar refractivity (Wildman–Crippen MR) is 69.0 cm³/mol. The molecule has 1 heterocycles. The fraction of sp³-hybridized carbons (Fsp3) is 0.538. The van der Waals surface area contributed by atoms with E-state index < -0.39 is 0 Å². The number of H-pyrrole nitrogens is 1. The van der Waals surface area contributed by atoms with Crippen molar-refractivity contribution in [1.29, 1.82) is 5.26 Å². The number of nitrogens with zero attached hydrogens (tertiary/aromatic N) is 1. The van der Waals surface area contributed by atoms with Gasteiger partial charge in [-0.1, -0.05) is 39.9 Å². The summed E-state index contributed by atoms with van der Waals surface area (Å²) < 4.78 is 0.558. The fourth-order valence-corrected chi connectivity index (χ4v) is 1.99.